The van der Waals surface area contributed by atoms with Gasteiger partial charge in [0.1, 0.15) is 0 Å². The van der Waals surface area contributed by atoms with Crippen LogP contribution in [-0.2, 0) is 6.18 Å². The minimum absolute atomic E-state index is 0.0225. The van der Waals surface area contributed by atoms with Crippen LogP contribution < -0.4 is 0 Å². The molecule has 0 saturated carbocycles. The van der Waals surface area contributed by atoms with Crippen molar-refractivity contribution >= 4 is 11.1 Å². The van der Waals surface area contributed by atoms with Crippen LogP contribution in [0.15, 0.2) is 47.8 Å². The Balaban J connectivity index is 1.91. The van der Waals surface area contributed by atoms with Crippen LogP contribution in [0.2, 0.25) is 0 Å². The molecule has 164 valence electrons. The lowest BCUT2D eigenvalue weighted by Gasteiger charge is -2.09. The summed E-state index contributed by atoms with van der Waals surface area (Å²) in [5.74, 6) is 0. The Kier molecular flexibility index (Phi) is 4.56. The van der Waals surface area contributed by atoms with Crippen LogP contribution in [0, 0.1) is 42.7 Å². The lowest BCUT2D eigenvalue weighted by molar-refractivity contribution is -0.137. The fourth-order valence-electron chi connectivity index (χ4n) is 4.37. The van der Waals surface area contributed by atoms with Crippen molar-refractivity contribution in [2.45, 2.75) is 13.1 Å². The van der Waals surface area contributed by atoms with Gasteiger partial charge in [0.15, 0.2) is 0 Å². The second-order valence-electron chi connectivity index (χ2n) is 7.82. The Morgan fingerprint density at radius 1 is 0.771 bits per heavy atom. The van der Waals surface area contributed by atoms with Gasteiger partial charge in [-0.25, -0.2) is 30.2 Å². The Morgan fingerprint density at radius 2 is 1.26 bits per heavy atom. The molecule has 2 aliphatic rings. The van der Waals surface area contributed by atoms with E-state index in [-0.39, 0.29) is 39.5 Å². The maximum Gasteiger partial charge on any atom is 0.416 e. The summed E-state index contributed by atoms with van der Waals surface area (Å²) in [7, 11) is 0. The fourth-order valence-corrected chi connectivity index (χ4v) is 4.37. The van der Waals surface area contributed by atoms with E-state index >= 15 is 0 Å². The maximum atomic E-state index is 13.4. The number of rotatable bonds is 0. The maximum absolute atomic E-state index is 13.4. The number of alkyl halides is 3. The number of aromatic nitrogens is 2. The lowest BCUT2D eigenvalue weighted by atomic mass is 10.0. The van der Waals surface area contributed by atoms with E-state index < -0.39 is 17.4 Å². The minimum Gasteiger partial charge on any atom is -0.245 e. The number of hydrogen-bond acceptors (Lipinski definition) is 4. The van der Waals surface area contributed by atoms with Gasteiger partial charge in [-0.15, -0.1) is 0 Å². The summed E-state index contributed by atoms with van der Waals surface area (Å²) in [5, 5.41) is 19.1. The van der Waals surface area contributed by atoms with Crippen molar-refractivity contribution in [1.82, 2.24) is 9.97 Å². The molecule has 0 saturated heterocycles. The van der Waals surface area contributed by atoms with E-state index in [9.17, 15) is 23.7 Å². The van der Waals surface area contributed by atoms with E-state index in [0.29, 0.717) is 22.4 Å². The molecule has 0 unspecified atom stereocenters. The minimum atomic E-state index is -4.63. The number of aryl methyl sites for hydroxylation is 1. The monoisotopic (exact) mass is 462 g/mol. The third kappa shape index (κ3) is 3.00. The van der Waals surface area contributed by atoms with Gasteiger partial charge in [-0.3, -0.25) is 0 Å². The smallest absolute Gasteiger partial charge is 0.245 e. The molecular weight excluding hydrogens is 453 g/mol. The van der Waals surface area contributed by atoms with Gasteiger partial charge in [0.25, 0.3) is 11.4 Å². The highest BCUT2D eigenvalue weighted by atomic mass is 19.4. The third-order valence-electron chi connectivity index (χ3n) is 5.85. The first-order chi connectivity index (χ1) is 16.7. The first kappa shape index (κ1) is 21.6. The largest absolute Gasteiger partial charge is 0.416 e. The molecule has 0 N–H and O–H groups in total. The van der Waals surface area contributed by atoms with E-state index in [4.69, 9.17) is 13.1 Å². The standard InChI is InChI=1S/C26H9F3N6/c1-12-4-6-14-16(8-12)20(18(10-30)32-2)24-22(14)34-25-21(19(11-31)33-3)17-9-13(26(27,28)29)5-7-15(17)23(25)35-24/h4-9H,1H3/b20-18+,21-19-. The zero-order valence-corrected chi connectivity index (χ0v) is 17.8. The highest BCUT2D eigenvalue weighted by molar-refractivity contribution is 6.06. The van der Waals surface area contributed by atoms with Gasteiger partial charge in [0.05, 0.1) is 53.6 Å². The van der Waals surface area contributed by atoms with Crippen molar-refractivity contribution < 1.29 is 13.2 Å². The quantitative estimate of drug-likeness (QED) is 0.204. The van der Waals surface area contributed by atoms with Crippen LogP contribution in [0.5, 0.6) is 0 Å². The number of hydrogen-bond donors (Lipinski definition) is 0. The summed E-state index contributed by atoms with van der Waals surface area (Å²) in [6.07, 6.45) is -4.63. The van der Waals surface area contributed by atoms with Crippen LogP contribution in [0.25, 0.3) is 43.4 Å². The molecule has 0 aliphatic heterocycles. The van der Waals surface area contributed by atoms with E-state index in [1.807, 2.05) is 25.1 Å². The van der Waals surface area contributed by atoms with E-state index in [1.54, 1.807) is 12.1 Å². The molecule has 1 heterocycles. The zero-order valence-electron chi connectivity index (χ0n) is 17.8. The van der Waals surface area contributed by atoms with E-state index in [0.717, 1.165) is 17.7 Å². The Hall–Kier alpha value is -5.25. The second kappa shape index (κ2) is 7.39. The molecule has 9 heteroatoms. The lowest BCUT2D eigenvalue weighted by Crippen LogP contribution is -2.05. The van der Waals surface area contributed by atoms with Crippen LogP contribution >= 0.6 is 0 Å². The SMILES string of the molecule is [C-]#[N+]/C(C#N)=C1/c2cc(C(F)(F)F)ccc2-c2nc3c(nc21)-c1ccc(C)cc1/C3=C(/C#N)[N+]#[C-]. The van der Waals surface area contributed by atoms with Crippen molar-refractivity contribution in [3.8, 4) is 34.7 Å². The van der Waals surface area contributed by atoms with Gasteiger partial charge in [-0.1, -0.05) is 29.8 Å². The number of benzene rings is 2. The highest BCUT2D eigenvalue weighted by Crippen LogP contribution is 2.51. The molecule has 0 amide bonds. The summed E-state index contributed by atoms with van der Waals surface area (Å²) in [4.78, 5) is 15.9. The first-order valence-electron chi connectivity index (χ1n) is 10.0. The number of allylic oxidation sites excluding steroid dienone is 2. The molecule has 3 aromatic rings. The second-order valence-corrected chi connectivity index (χ2v) is 7.82. The summed E-state index contributed by atoms with van der Waals surface area (Å²) in [6, 6.07) is 12.1. The van der Waals surface area contributed by atoms with Crippen LogP contribution in [-0.4, -0.2) is 9.97 Å². The summed E-state index contributed by atoms with van der Waals surface area (Å²) in [6.45, 7) is 16.7. The molecule has 0 spiro atoms. The van der Waals surface area contributed by atoms with Gasteiger partial charge in [0, 0.05) is 22.3 Å². The molecule has 0 atom stereocenters. The van der Waals surface area contributed by atoms with Gasteiger partial charge >= 0.3 is 6.18 Å². The van der Waals surface area contributed by atoms with Gasteiger partial charge in [0.2, 0.25) is 0 Å². The number of nitrogens with zero attached hydrogens (tertiary/aromatic N) is 6. The molecular formula is C26H9F3N6. The van der Waals surface area contributed by atoms with Gasteiger partial charge in [-0.2, -0.15) is 13.2 Å². The molecule has 0 bridgehead atoms. The molecule has 0 fully saturated rings. The number of fused-ring (bicyclic) bond motifs is 6. The molecule has 1 aromatic heterocycles. The number of halogens is 3. The van der Waals surface area contributed by atoms with Crippen LogP contribution in [0.4, 0.5) is 13.2 Å². The fraction of sp³-hybridized carbons (Fsp3) is 0.0769. The summed E-state index contributed by atoms with van der Waals surface area (Å²) >= 11 is 0. The molecule has 2 aliphatic carbocycles. The predicted molar refractivity (Wildman–Crippen MR) is 119 cm³/mol. The summed E-state index contributed by atoms with van der Waals surface area (Å²) in [5.41, 5.74) is 2.01. The predicted octanol–water partition coefficient (Wildman–Crippen LogP) is 6.17. The van der Waals surface area contributed by atoms with Crippen molar-refractivity contribution in [3.05, 3.63) is 104 Å². The summed E-state index contributed by atoms with van der Waals surface area (Å²) < 4.78 is 40.3. The number of nitriles is 2. The molecule has 0 radical (unpaired) electrons. The van der Waals surface area contributed by atoms with Gasteiger partial charge in [-0.05, 0) is 30.2 Å². The average molecular weight is 462 g/mol. The van der Waals surface area contributed by atoms with Crippen LogP contribution in [0.3, 0.4) is 0 Å². The topological polar surface area (TPSA) is 82.1 Å². The van der Waals surface area contributed by atoms with Crippen molar-refractivity contribution in [1.29, 1.82) is 10.5 Å². The molecule has 35 heavy (non-hydrogen) atoms. The third-order valence-corrected chi connectivity index (χ3v) is 5.85. The van der Waals surface area contributed by atoms with Crippen molar-refractivity contribution in [2.24, 2.45) is 0 Å². The Labute approximate surface area is 197 Å². The van der Waals surface area contributed by atoms with Gasteiger partial charge < -0.3 is 0 Å². The zero-order chi connectivity index (χ0) is 25.1. The average Bonchev–Trinajstić information content (AvgIpc) is 3.31. The Bertz CT molecular complexity index is 1700. The van der Waals surface area contributed by atoms with Crippen molar-refractivity contribution in [2.75, 3.05) is 0 Å². The molecule has 5 rings (SSSR count). The normalized spacial score (nSPS) is 15.4. The van der Waals surface area contributed by atoms with E-state index in [1.165, 1.54) is 6.07 Å². The molecule has 6 nitrogen and oxygen atoms in total. The van der Waals surface area contributed by atoms with Crippen LogP contribution in [0.1, 0.15) is 33.6 Å². The van der Waals surface area contributed by atoms with Crippen molar-refractivity contribution in [3.63, 3.8) is 0 Å². The van der Waals surface area contributed by atoms with E-state index in [2.05, 4.69) is 19.7 Å². The first-order valence-corrected chi connectivity index (χ1v) is 10.0. The Morgan fingerprint density at radius 3 is 1.71 bits per heavy atom. The molecule has 2 aromatic carbocycles. The highest BCUT2D eigenvalue weighted by Gasteiger charge is 2.38.